The Kier molecular flexibility index (Phi) is 6.25. The van der Waals surface area contributed by atoms with E-state index in [0.717, 1.165) is 57.0 Å². The maximum atomic E-state index is 12.8. The minimum Gasteiger partial charge on any atom is -0.325 e. The Bertz CT molecular complexity index is 1510. The lowest BCUT2D eigenvalue weighted by atomic mass is 10.1. The number of aromatic nitrogens is 6. The van der Waals surface area contributed by atoms with Crippen molar-refractivity contribution in [3.63, 3.8) is 0 Å². The van der Waals surface area contributed by atoms with Gasteiger partial charge in [0.1, 0.15) is 0 Å². The largest absolute Gasteiger partial charge is 0.325 e. The number of H-pyrrole nitrogens is 1. The molecule has 2 N–H and O–H groups in total. The molecule has 0 aliphatic rings. The summed E-state index contributed by atoms with van der Waals surface area (Å²) in [5, 5.41) is 16.7. The third-order valence-electron chi connectivity index (χ3n) is 6.15. The SMILES string of the molecule is Cc1cccc(C)c1NC(=O)CSc1nc2ccccc2c2nc(CCc3c(C)n[nH]c3C)nn12. The number of aromatic amines is 1. The van der Waals surface area contributed by atoms with Crippen molar-refractivity contribution in [1.82, 2.24) is 29.8 Å². The van der Waals surface area contributed by atoms with Gasteiger partial charge in [0.15, 0.2) is 16.6 Å². The van der Waals surface area contributed by atoms with Crippen molar-refractivity contribution in [3.8, 4) is 0 Å². The summed E-state index contributed by atoms with van der Waals surface area (Å²) < 4.78 is 1.77. The molecule has 1 amide bonds. The van der Waals surface area contributed by atoms with E-state index in [-0.39, 0.29) is 11.7 Å². The first kappa shape index (κ1) is 23.0. The molecule has 8 nitrogen and oxygen atoms in total. The molecule has 5 rings (SSSR count). The highest BCUT2D eigenvalue weighted by atomic mass is 32.2. The Morgan fingerprint density at radius 1 is 1.00 bits per heavy atom. The average Bonchev–Trinajstić information content (AvgIpc) is 3.41. The van der Waals surface area contributed by atoms with Crippen LogP contribution in [0.1, 0.15) is 33.9 Å². The van der Waals surface area contributed by atoms with Crippen LogP contribution in [0.25, 0.3) is 16.6 Å². The fraction of sp³-hybridized carbons (Fsp3) is 0.269. The number of para-hydroxylation sites is 2. The number of nitrogens with zero attached hydrogens (tertiary/aromatic N) is 5. The molecule has 3 heterocycles. The highest BCUT2D eigenvalue weighted by Gasteiger charge is 2.16. The van der Waals surface area contributed by atoms with Gasteiger partial charge in [-0.15, -0.1) is 5.10 Å². The molecule has 0 saturated carbocycles. The minimum absolute atomic E-state index is 0.0817. The van der Waals surface area contributed by atoms with Gasteiger partial charge in [-0.25, -0.2) is 9.97 Å². The predicted molar refractivity (Wildman–Crippen MR) is 139 cm³/mol. The summed E-state index contributed by atoms with van der Waals surface area (Å²) in [6, 6.07) is 13.9. The van der Waals surface area contributed by atoms with Gasteiger partial charge in [-0.05, 0) is 62.9 Å². The Balaban J connectivity index is 1.41. The van der Waals surface area contributed by atoms with Crippen molar-refractivity contribution >= 4 is 39.9 Å². The number of thioether (sulfide) groups is 1. The summed E-state index contributed by atoms with van der Waals surface area (Å²) in [6.07, 6.45) is 1.49. The van der Waals surface area contributed by atoms with E-state index in [9.17, 15) is 4.79 Å². The molecule has 0 radical (unpaired) electrons. The van der Waals surface area contributed by atoms with E-state index in [2.05, 4.69) is 15.5 Å². The fourth-order valence-electron chi connectivity index (χ4n) is 4.27. The quantitative estimate of drug-likeness (QED) is 0.255. The van der Waals surface area contributed by atoms with Gasteiger partial charge in [0.05, 0.1) is 17.0 Å². The van der Waals surface area contributed by atoms with Crippen molar-refractivity contribution in [2.75, 3.05) is 11.1 Å². The van der Waals surface area contributed by atoms with Crippen LogP contribution in [0, 0.1) is 27.7 Å². The second-order valence-corrected chi connectivity index (χ2v) is 9.63. The summed E-state index contributed by atoms with van der Waals surface area (Å²) in [7, 11) is 0. The van der Waals surface area contributed by atoms with Crippen molar-refractivity contribution in [2.45, 2.75) is 45.7 Å². The van der Waals surface area contributed by atoms with Crippen LogP contribution in [-0.4, -0.2) is 41.4 Å². The Hall–Kier alpha value is -3.72. The molecule has 178 valence electrons. The van der Waals surface area contributed by atoms with Crippen LogP contribution >= 0.6 is 11.8 Å². The van der Waals surface area contributed by atoms with E-state index < -0.39 is 0 Å². The highest BCUT2D eigenvalue weighted by Crippen LogP contribution is 2.25. The molecule has 0 aliphatic carbocycles. The van der Waals surface area contributed by atoms with Crippen LogP contribution in [0.2, 0.25) is 0 Å². The second-order valence-electron chi connectivity index (χ2n) is 8.69. The third-order valence-corrected chi connectivity index (χ3v) is 7.08. The molecule has 0 atom stereocenters. The van der Waals surface area contributed by atoms with Crippen LogP contribution < -0.4 is 5.32 Å². The maximum absolute atomic E-state index is 12.8. The highest BCUT2D eigenvalue weighted by molar-refractivity contribution is 7.99. The molecule has 2 aromatic carbocycles. The maximum Gasteiger partial charge on any atom is 0.234 e. The lowest BCUT2D eigenvalue weighted by molar-refractivity contribution is -0.113. The topological polar surface area (TPSA) is 101 Å². The average molecular weight is 486 g/mol. The Labute approximate surface area is 207 Å². The third kappa shape index (κ3) is 4.64. The van der Waals surface area contributed by atoms with Gasteiger partial charge < -0.3 is 5.32 Å². The predicted octanol–water partition coefficient (Wildman–Crippen LogP) is 4.75. The first-order chi connectivity index (χ1) is 16.9. The standard InChI is InChI=1S/C26H27N7OS/c1-15-8-7-9-16(2)24(15)29-23(34)14-35-26-27-21-11-6-5-10-20(21)25-28-22(32-33(25)26)13-12-19-17(3)30-31-18(19)4/h5-11H,12-14H2,1-4H3,(H,29,34)(H,30,31). The lowest BCUT2D eigenvalue weighted by Gasteiger charge is -2.11. The normalized spacial score (nSPS) is 11.4. The number of rotatable bonds is 7. The summed E-state index contributed by atoms with van der Waals surface area (Å²) in [5.41, 5.74) is 7.81. The van der Waals surface area contributed by atoms with Crippen LogP contribution in [0.3, 0.4) is 0 Å². The van der Waals surface area contributed by atoms with Gasteiger partial charge >= 0.3 is 0 Å². The molecule has 0 saturated heterocycles. The number of carbonyl (C=O) groups excluding carboxylic acids is 1. The van der Waals surface area contributed by atoms with E-state index in [1.807, 2.05) is 70.2 Å². The molecule has 35 heavy (non-hydrogen) atoms. The van der Waals surface area contributed by atoms with Gasteiger partial charge in [-0.1, -0.05) is 42.1 Å². The van der Waals surface area contributed by atoms with E-state index in [1.54, 1.807) is 4.52 Å². The van der Waals surface area contributed by atoms with Crippen LogP contribution in [0.5, 0.6) is 0 Å². The van der Waals surface area contributed by atoms with Gasteiger partial charge in [-0.2, -0.15) is 9.61 Å². The minimum atomic E-state index is -0.0817. The summed E-state index contributed by atoms with van der Waals surface area (Å²) in [6.45, 7) is 8.02. The van der Waals surface area contributed by atoms with E-state index in [1.165, 1.54) is 17.3 Å². The van der Waals surface area contributed by atoms with Gasteiger partial charge in [0.2, 0.25) is 5.91 Å². The smallest absolute Gasteiger partial charge is 0.234 e. The van der Waals surface area contributed by atoms with Gasteiger partial charge in [0.25, 0.3) is 0 Å². The first-order valence-corrected chi connectivity index (χ1v) is 12.5. The van der Waals surface area contributed by atoms with E-state index in [4.69, 9.17) is 15.1 Å². The van der Waals surface area contributed by atoms with E-state index in [0.29, 0.717) is 11.6 Å². The molecule has 3 aromatic heterocycles. The zero-order valence-electron chi connectivity index (χ0n) is 20.2. The van der Waals surface area contributed by atoms with Crippen LogP contribution in [-0.2, 0) is 17.6 Å². The van der Waals surface area contributed by atoms with E-state index >= 15 is 0 Å². The molecule has 9 heteroatoms. The number of nitrogens with one attached hydrogen (secondary N) is 2. The molecule has 0 unspecified atom stereocenters. The number of hydrogen-bond acceptors (Lipinski definition) is 6. The molecule has 0 aliphatic heterocycles. The monoisotopic (exact) mass is 485 g/mol. The van der Waals surface area contributed by atoms with Gasteiger partial charge in [0, 0.05) is 23.2 Å². The zero-order valence-corrected chi connectivity index (χ0v) is 21.0. The second kappa shape index (κ2) is 9.50. The Morgan fingerprint density at radius 2 is 1.77 bits per heavy atom. The summed E-state index contributed by atoms with van der Waals surface area (Å²) in [4.78, 5) is 22.4. The van der Waals surface area contributed by atoms with Crippen LogP contribution in [0.15, 0.2) is 47.6 Å². The molecule has 0 bridgehead atoms. The molecule has 5 aromatic rings. The van der Waals surface area contributed by atoms with Crippen LogP contribution in [0.4, 0.5) is 5.69 Å². The number of benzene rings is 2. The number of carbonyl (C=O) groups is 1. The number of fused-ring (bicyclic) bond motifs is 3. The van der Waals surface area contributed by atoms with Crippen molar-refractivity contribution in [1.29, 1.82) is 0 Å². The Morgan fingerprint density at radius 3 is 2.51 bits per heavy atom. The zero-order chi connectivity index (χ0) is 24.5. The molecular formula is C26H27N7OS. The first-order valence-electron chi connectivity index (χ1n) is 11.5. The molecule has 0 fully saturated rings. The van der Waals surface area contributed by atoms with Crippen molar-refractivity contribution in [2.24, 2.45) is 0 Å². The van der Waals surface area contributed by atoms with Gasteiger partial charge in [-0.3, -0.25) is 9.89 Å². The molecular weight excluding hydrogens is 458 g/mol. The number of anilines is 1. The number of aryl methyl sites for hydroxylation is 5. The summed E-state index contributed by atoms with van der Waals surface area (Å²) in [5.74, 6) is 0.878. The summed E-state index contributed by atoms with van der Waals surface area (Å²) >= 11 is 1.36. The lowest BCUT2D eigenvalue weighted by Crippen LogP contribution is -2.16. The molecule has 0 spiro atoms. The van der Waals surface area contributed by atoms with Crippen molar-refractivity contribution in [3.05, 3.63) is 76.4 Å². The number of amides is 1. The van der Waals surface area contributed by atoms with Crippen molar-refractivity contribution < 1.29 is 4.79 Å². The fourth-order valence-corrected chi connectivity index (χ4v) is 5.01. The number of hydrogen-bond donors (Lipinski definition) is 2.